The van der Waals surface area contributed by atoms with E-state index in [1.54, 1.807) is 0 Å². The molecule has 0 fully saturated rings. The van der Waals surface area contributed by atoms with Gasteiger partial charge in [0.15, 0.2) is 5.82 Å². The van der Waals surface area contributed by atoms with Gasteiger partial charge in [-0.2, -0.15) is 9.97 Å². The molecule has 0 saturated heterocycles. The van der Waals surface area contributed by atoms with Crippen molar-refractivity contribution in [2.45, 2.75) is 4.90 Å². The van der Waals surface area contributed by atoms with Crippen LogP contribution in [0.2, 0.25) is 0 Å². The summed E-state index contributed by atoms with van der Waals surface area (Å²) in [4.78, 5) is 19.7. The number of amides is 1. The minimum atomic E-state index is -4.06. The molecule has 0 unspecified atom stereocenters. The van der Waals surface area contributed by atoms with Gasteiger partial charge < -0.3 is 14.8 Å². The van der Waals surface area contributed by atoms with E-state index in [9.17, 15) is 22.0 Å². The zero-order chi connectivity index (χ0) is 22.6. The number of benzene rings is 2. The molecule has 3 rings (SSSR count). The van der Waals surface area contributed by atoms with Crippen molar-refractivity contribution in [2.75, 3.05) is 24.3 Å². The van der Waals surface area contributed by atoms with Gasteiger partial charge >= 0.3 is 6.01 Å². The topological polar surface area (TPSA) is 120 Å². The van der Waals surface area contributed by atoms with Gasteiger partial charge in [0.1, 0.15) is 17.2 Å². The van der Waals surface area contributed by atoms with Crippen LogP contribution in [0.3, 0.4) is 0 Å². The highest BCUT2D eigenvalue weighted by Gasteiger charge is 2.19. The van der Waals surface area contributed by atoms with E-state index in [0.29, 0.717) is 0 Å². The number of sulfonamides is 1. The van der Waals surface area contributed by atoms with Crippen molar-refractivity contribution in [3.63, 3.8) is 0 Å². The maximum absolute atomic E-state index is 13.7. The molecule has 0 aliphatic heterocycles. The van der Waals surface area contributed by atoms with Crippen molar-refractivity contribution >= 4 is 27.4 Å². The molecule has 31 heavy (non-hydrogen) atoms. The summed E-state index contributed by atoms with van der Waals surface area (Å²) in [6, 6.07) is 9.15. The van der Waals surface area contributed by atoms with Crippen LogP contribution in [0.4, 0.5) is 20.3 Å². The van der Waals surface area contributed by atoms with Crippen LogP contribution in [0.5, 0.6) is 11.9 Å². The Balaban J connectivity index is 1.78. The second kappa shape index (κ2) is 8.92. The van der Waals surface area contributed by atoms with Gasteiger partial charge in [-0.25, -0.2) is 17.2 Å². The average Bonchev–Trinajstić information content (AvgIpc) is 2.73. The summed E-state index contributed by atoms with van der Waals surface area (Å²) in [6.07, 6.45) is 0. The molecule has 2 aromatic carbocycles. The number of carbonyl (C=O) groups excluding carboxylic acids is 1. The number of carbonyl (C=O) groups is 1. The maximum atomic E-state index is 13.7. The van der Waals surface area contributed by atoms with E-state index in [1.807, 2.05) is 0 Å². The number of aromatic nitrogens is 2. The fourth-order valence-corrected chi connectivity index (χ4v) is 3.47. The third kappa shape index (κ3) is 5.04. The smallest absolute Gasteiger partial charge is 0.321 e. The Morgan fingerprint density at radius 3 is 2.19 bits per heavy atom. The molecule has 0 aliphatic rings. The molecule has 0 radical (unpaired) electrons. The number of nitrogens with zero attached hydrogens (tertiary/aromatic N) is 2. The monoisotopic (exact) mass is 450 g/mol. The van der Waals surface area contributed by atoms with Crippen LogP contribution in [0.25, 0.3) is 0 Å². The first-order valence-corrected chi connectivity index (χ1v) is 10.1. The summed E-state index contributed by atoms with van der Waals surface area (Å²) in [7, 11) is -1.40. The summed E-state index contributed by atoms with van der Waals surface area (Å²) < 4.78 is 64.8. The second-order valence-corrected chi connectivity index (χ2v) is 7.65. The third-order valence-corrected chi connectivity index (χ3v) is 5.30. The van der Waals surface area contributed by atoms with Crippen LogP contribution < -0.4 is 19.5 Å². The lowest BCUT2D eigenvalue weighted by molar-refractivity contribution is 0.101. The number of methoxy groups -OCH3 is 2. The van der Waals surface area contributed by atoms with Crippen molar-refractivity contribution in [3.05, 3.63) is 65.7 Å². The van der Waals surface area contributed by atoms with Gasteiger partial charge in [-0.3, -0.25) is 9.52 Å². The van der Waals surface area contributed by atoms with Crippen LogP contribution in [0.1, 0.15) is 10.4 Å². The molecule has 2 N–H and O–H groups in total. The third-order valence-electron chi connectivity index (χ3n) is 3.93. The largest absolute Gasteiger partial charge is 0.481 e. The number of rotatable bonds is 7. The van der Waals surface area contributed by atoms with Crippen molar-refractivity contribution in [2.24, 2.45) is 0 Å². The van der Waals surface area contributed by atoms with Gasteiger partial charge in [0, 0.05) is 11.8 Å². The molecule has 1 aromatic heterocycles. The second-order valence-electron chi connectivity index (χ2n) is 5.96. The normalized spacial score (nSPS) is 11.0. The predicted molar refractivity (Wildman–Crippen MR) is 107 cm³/mol. The summed E-state index contributed by atoms with van der Waals surface area (Å²) in [5.74, 6) is -3.04. The van der Waals surface area contributed by atoms with Crippen LogP contribution >= 0.6 is 0 Å². The quantitative estimate of drug-likeness (QED) is 0.568. The molecule has 1 heterocycles. The molecule has 3 aromatic rings. The Kier molecular flexibility index (Phi) is 6.30. The SMILES string of the molecule is COc1cc(NS(=O)(=O)c2ccc(NC(=O)c3c(F)cccc3F)cc2)nc(OC)n1. The summed E-state index contributed by atoms with van der Waals surface area (Å²) in [6.45, 7) is 0. The summed E-state index contributed by atoms with van der Waals surface area (Å²) in [5.41, 5.74) is -0.607. The first kappa shape index (κ1) is 21.9. The van der Waals surface area contributed by atoms with Gasteiger partial charge in [0.2, 0.25) is 5.88 Å². The number of ether oxygens (including phenoxy) is 2. The number of nitrogens with one attached hydrogen (secondary N) is 2. The van der Waals surface area contributed by atoms with Gasteiger partial charge in [0.25, 0.3) is 15.9 Å². The molecule has 0 spiro atoms. The van der Waals surface area contributed by atoms with Crippen molar-refractivity contribution in [3.8, 4) is 11.9 Å². The maximum Gasteiger partial charge on any atom is 0.321 e. The lowest BCUT2D eigenvalue weighted by atomic mass is 10.2. The first-order valence-electron chi connectivity index (χ1n) is 8.59. The standard InChI is InChI=1S/C19H16F2N4O5S/c1-29-16-10-15(23-19(24-16)30-2)25-31(27,28)12-8-6-11(7-9-12)22-18(26)17-13(20)4-3-5-14(17)21/h3-10H,1-2H3,(H,22,26)(H,23,24,25). The number of halogens is 2. The van der Waals surface area contributed by atoms with Crippen LogP contribution in [-0.2, 0) is 10.0 Å². The van der Waals surface area contributed by atoms with Crippen molar-refractivity contribution in [1.29, 1.82) is 0 Å². The zero-order valence-corrected chi connectivity index (χ0v) is 17.0. The Morgan fingerprint density at radius 1 is 0.968 bits per heavy atom. The molecule has 162 valence electrons. The van der Waals surface area contributed by atoms with Gasteiger partial charge in [-0.05, 0) is 36.4 Å². The lowest BCUT2D eigenvalue weighted by Crippen LogP contribution is -2.17. The van der Waals surface area contributed by atoms with E-state index in [1.165, 1.54) is 44.6 Å². The van der Waals surface area contributed by atoms with E-state index in [4.69, 9.17) is 9.47 Å². The Bertz CT molecular complexity index is 1180. The molecule has 9 nitrogen and oxygen atoms in total. The fourth-order valence-electron chi connectivity index (χ4n) is 2.47. The van der Waals surface area contributed by atoms with Gasteiger partial charge in [0.05, 0.1) is 19.1 Å². The number of hydrogen-bond donors (Lipinski definition) is 2. The Labute approximate surface area is 176 Å². The van der Waals surface area contributed by atoms with E-state index >= 15 is 0 Å². The minimum absolute atomic E-state index is 0.0861. The van der Waals surface area contributed by atoms with Gasteiger partial charge in [-0.15, -0.1) is 0 Å². The van der Waals surface area contributed by atoms with Gasteiger partial charge in [-0.1, -0.05) is 6.07 Å². The predicted octanol–water partition coefficient (Wildman–Crippen LogP) is 2.83. The van der Waals surface area contributed by atoms with Crippen molar-refractivity contribution < 1.29 is 31.5 Å². The van der Waals surface area contributed by atoms with E-state index in [-0.39, 0.29) is 28.3 Å². The van der Waals surface area contributed by atoms with Crippen LogP contribution in [0.15, 0.2) is 53.4 Å². The summed E-state index contributed by atoms with van der Waals surface area (Å²) in [5, 5.41) is 2.31. The highest BCUT2D eigenvalue weighted by atomic mass is 32.2. The average molecular weight is 450 g/mol. The van der Waals surface area contributed by atoms with E-state index < -0.39 is 33.1 Å². The fraction of sp³-hybridized carbons (Fsp3) is 0.105. The molecule has 0 bridgehead atoms. The molecule has 0 saturated carbocycles. The molecule has 0 atom stereocenters. The lowest BCUT2D eigenvalue weighted by Gasteiger charge is -2.11. The minimum Gasteiger partial charge on any atom is -0.481 e. The summed E-state index contributed by atoms with van der Waals surface area (Å²) >= 11 is 0. The molecule has 0 aliphatic carbocycles. The Morgan fingerprint density at radius 2 is 1.61 bits per heavy atom. The molecule has 1 amide bonds. The zero-order valence-electron chi connectivity index (χ0n) is 16.2. The molecular formula is C19H16F2N4O5S. The Hall–Kier alpha value is -3.80. The highest BCUT2D eigenvalue weighted by Crippen LogP contribution is 2.22. The number of anilines is 2. The van der Waals surface area contributed by atoms with Crippen LogP contribution in [-0.4, -0.2) is 38.5 Å². The van der Waals surface area contributed by atoms with Crippen molar-refractivity contribution in [1.82, 2.24) is 9.97 Å². The van der Waals surface area contributed by atoms with E-state index in [2.05, 4.69) is 20.0 Å². The molecular weight excluding hydrogens is 434 g/mol. The molecule has 12 heteroatoms. The van der Waals surface area contributed by atoms with E-state index in [0.717, 1.165) is 18.2 Å². The van der Waals surface area contributed by atoms with Crippen LogP contribution in [0, 0.1) is 11.6 Å². The number of hydrogen-bond acceptors (Lipinski definition) is 7. The first-order chi connectivity index (χ1) is 14.7. The highest BCUT2D eigenvalue weighted by molar-refractivity contribution is 7.92.